The molecule has 1 aliphatic rings. The molecule has 1 fully saturated rings. The van der Waals surface area contributed by atoms with Gasteiger partial charge in [-0.3, -0.25) is 4.79 Å². The molecule has 0 spiro atoms. The Balaban J connectivity index is 1.56. The molecule has 1 amide bonds. The Labute approximate surface area is 154 Å². The number of amides is 1. The zero-order valence-electron chi connectivity index (χ0n) is 13.4. The number of hydrogen-bond acceptors (Lipinski definition) is 3. The SMILES string of the molecule is O=C(NC1CC(C(=O)O)(c2cccc(Br)c2)C1)OCc1ccccc1. The highest BCUT2D eigenvalue weighted by molar-refractivity contribution is 9.10. The molecule has 1 saturated carbocycles. The van der Waals surface area contributed by atoms with E-state index in [0.717, 1.165) is 15.6 Å². The average Bonchev–Trinajstić information content (AvgIpc) is 2.56. The van der Waals surface area contributed by atoms with Crippen LogP contribution in [0.1, 0.15) is 24.0 Å². The lowest BCUT2D eigenvalue weighted by molar-refractivity contribution is -0.148. The van der Waals surface area contributed by atoms with Crippen LogP contribution in [0.15, 0.2) is 59.1 Å². The van der Waals surface area contributed by atoms with Gasteiger partial charge in [-0.15, -0.1) is 0 Å². The van der Waals surface area contributed by atoms with Crippen LogP contribution in [0.3, 0.4) is 0 Å². The summed E-state index contributed by atoms with van der Waals surface area (Å²) in [7, 11) is 0. The van der Waals surface area contributed by atoms with Gasteiger partial charge in [0.1, 0.15) is 6.61 Å². The molecule has 0 aromatic heterocycles. The Morgan fingerprint density at radius 1 is 1.16 bits per heavy atom. The van der Waals surface area contributed by atoms with E-state index in [4.69, 9.17) is 4.74 Å². The molecule has 2 aromatic rings. The predicted octanol–water partition coefficient (Wildman–Crippen LogP) is 3.86. The van der Waals surface area contributed by atoms with Crippen molar-refractivity contribution in [2.45, 2.75) is 30.9 Å². The summed E-state index contributed by atoms with van der Waals surface area (Å²) >= 11 is 3.37. The maximum Gasteiger partial charge on any atom is 0.407 e. The van der Waals surface area contributed by atoms with Gasteiger partial charge in [-0.1, -0.05) is 58.4 Å². The second kappa shape index (κ2) is 7.27. The van der Waals surface area contributed by atoms with Crippen LogP contribution < -0.4 is 5.32 Å². The van der Waals surface area contributed by atoms with Crippen LogP contribution in [0.2, 0.25) is 0 Å². The predicted molar refractivity (Wildman–Crippen MR) is 96.2 cm³/mol. The maximum absolute atomic E-state index is 11.9. The number of aliphatic carboxylic acids is 1. The van der Waals surface area contributed by atoms with E-state index in [9.17, 15) is 14.7 Å². The Kier molecular flexibility index (Phi) is 5.08. The lowest BCUT2D eigenvalue weighted by atomic mass is 9.61. The monoisotopic (exact) mass is 403 g/mol. The molecule has 0 atom stereocenters. The lowest BCUT2D eigenvalue weighted by Crippen LogP contribution is -2.57. The van der Waals surface area contributed by atoms with Gasteiger partial charge in [-0.2, -0.15) is 0 Å². The van der Waals surface area contributed by atoms with Gasteiger partial charge in [0.05, 0.1) is 5.41 Å². The largest absolute Gasteiger partial charge is 0.481 e. The minimum atomic E-state index is -0.957. The number of hydrogen-bond donors (Lipinski definition) is 2. The van der Waals surface area contributed by atoms with Gasteiger partial charge < -0.3 is 15.2 Å². The first-order valence-corrected chi connectivity index (χ1v) is 8.75. The highest BCUT2D eigenvalue weighted by Gasteiger charge is 2.52. The highest BCUT2D eigenvalue weighted by atomic mass is 79.9. The van der Waals surface area contributed by atoms with Gasteiger partial charge in [0.2, 0.25) is 0 Å². The molecule has 2 N–H and O–H groups in total. The molecule has 0 radical (unpaired) electrons. The second-order valence-corrected chi connectivity index (χ2v) is 7.12. The summed E-state index contributed by atoms with van der Waals surface area (Å²) in [5, 5.41) is 12.4. The van der Waals surface area contributed by atoms with E-state index in [-0.39, 0.29) is 12.6 Å². The van der Waals surface area contributed by atoms with E-state index < -0.39 is 17.5 Å². The molecular formula is C19H18BrNO4. The Morgan fingerprint density at radius 2 is 1.88 bits per heavy atom. The first-order chi connectivity index (χ1) is 12.0. The molecule has 3 rings (SSSR count). The van der Waals surface area contributed by atoms with Crippen molar-refractivity contribution >= 4 is 28.0 Å². The van der Waals surface area contributed by atoms with Crippen LogP contribution in [0.4, 0.5) is 4.79 Å². The molecule has 0 bridgehead atoms. The van der Waals surface area contributed by atoms with Crippen LogP contribution in [0.5, 0.6) is 0 Å². The molecule has 1 aliphatic carbocycles. The van der Waals surface area contributed by atoms with Crippen molar-refractivity contribution in [3.05, 3.63) is 70.2 Å². The zero-order chi connectivity index (χ0) is 17.9. The number of halogens is 1. The molecule has 2 aromatic carbocycles. The van der Waals surface area contributed by atoms with Gasteiger partial charge >= 0.3 is 12.1 Å². The number of nitrogens with one attached hydrogen (secondary N) is 1. The number of ether oxygens (including phenoxy) is 1. The van der Waals surface area contributed by atoms with Crippen molar-refractivity contribution in [2.75, 3.05) is 0 Å². The third-order valence-electron chi connectivity index (χ3n) is 4.51. The van der Waals surface area contributed by atoms with Gasteiger partial charge in [0.25, 0.3) is 0 Å². The third-order valence-corrected chi connectivity index (χ3v) is 5.00. The number of carbonyl (C=O) groups excluding carboxylic acids is 1. The zero-order valence-corrected chi connectivity index (χ0v) is 15.0. The molecule has 0 aliphatic heterocycles. The van der Waals surface area contributed by atoms with Crippen molar-refractivity contribution in [3.63, 3.8) is 0 Å². The first kappa shape index (κ1) is 17.5. The van der Waals surface area contributed by atoms with Crippen LogP contribution in [0.25, 0.3) is 0 Å². The smallest absolute Gasteiger partial charge is 0.407 e. The summed E-state index contributed by atoms with van der Waals surface area (Å²) in [6.45, 7) is 0.190. The third kappa shape index (κ3) is 3.85. The van der Waals surface area contributed by atoms with Crippen LogP contribution in [-0.4, -0.2) is 23.2 Å². The van der Waals surface area contributed by atoms with Gasteiger partial charge in [-0.25, -0.2) is 4.79 Å². The molecule has 25 heavy (non-hydrogen) atoms. The number of benzene rings is 2. The summed E-state index contributed by atoms with van der Waals surface area (Å²) in [5.74, 6) is -0.874. The van der Waals surface area contributed by atoms with Crippen molar-refractivity contribution in [1.82, 2.24) is 5.32 Å². The number of carboxylic acids is 1. The number of rotatable bonds is 5. The minimum Gasteiger partial charge on any atom is -0.481 e. The second-order valence-electron chi connectivity index (χ2n) is 6.21. The van der Waals surface area contributed by atoms with Crippen molar-refractivity contribution in [2.24, 2.45) is 0 Å². The summed E-state index contributed by atoms with van der Waals surface area (Å²) in [6.07, 6.45) is 0.167. The Morgan fingerprint density at radius 3 is 2.52 bits per heavy atom. The van der Waals surface area contributed by atoms with Crippen molar-refractivity contribution < 1.29 is 19.4 Å². The molecule has 5 nitrogen and oxygen atoms in total. The Bertz CT molecular complexity index is 772. The van der Waals surface area contributed by atoms with Gasteiger partial charge in [0.15, 0.2) is 0 Å². The van der Waals surface area contributed by atoms with E-state index in [2.05, 4.69) is 21.2 Å². The van der Waals surface area contributed by atoms with E-state index in [1.807, 2.05) is 54.6 Å². The van der Waals surface area contributed by atoms with Crippen molar-refractivity contribution in [3.8, 4) is 0 Å². The molecule has 0 saturated heterocycles. The first-order valence-electron chi connectivity index (χ1n) is 7.96. The van der Waals surface area contributed by atoms with E-state index >= 15 is 0 Å². The number of carbonyl (C=O) groups is 2. The fourth-order valence-electron chi connectivity index (χ4n) is 3.13. The summed E-state index contributed by atoms with van der Waals surface area (Å²) < 4.78 is 6.02. The van der Waals surface area contributed by atoms with Crippen LogP contribution in [0, 0.1) is 0 Å². The van der Waals surface area contributed by atoms with Crippen molar-refractivity contribution in [1.29, 1.82) is 0 Å². The quantitative estimate of drug-likeness (QED) is 0.794. The average molecular weight is 404 g/mol. The van der Waals surface area contributed by atoms with E-state index in [1.165, 1.54) is 0 Å². The van der Waals surface area contributed by atoms with E-state index in [1.54, 1.807) is 0 Å². The Hall–Kier alpha value is -2.34. The number of carboxylic acid groups (broad SMARTS) is 1. The topological polar surface area (TPSA) is 75.6 Å². The molecule has 0 unspecified atom stereocenters. The molecule has 6 heteroatoms. The molecule has 130 valence electrons. The summed E-state index contributed by atoms with van der Waals surface area (Å²) in [6, 6.07) is 16.5. The van der Waals surface area contributed by atoms with Crippen LogP contribution in [-0.2, 0) is 21.6 Å². The molecule has 0 heterocycles. The normalized spacial score (nSPS) is 21.9. The lowest BCUT2D eigenvalue weighted by Gasteiger charge is -2.44. The maximum atomic E-state index is 11.9. The van der Waals surface area contributed by atoms with Crippen LogP contribution >= 0.6 is 15.9 Å². The highest BCUT2D eigenvalue weighted by Crippen LogP contribution is 2.44. The minimum absolute atomic E-state index is 0.190. The fraction of sp³-hybridized carbons (Fsp3) is 0.263. The molecular weight excluding hydrogens is 386 g/mol. The summed E-state index contributed by atoms with van der Waals surface area (Å²) in [4.78, 5) is 23.7. The number of alkyl carbamates (subject to hydrolysis) is 1. The van der Waals surface area contributed by atoms with Gasteiger partial charge in [-0.05, 0) is 36.1 Å². The van der Waals surface area contributed by atoms with E-state index in [0.29, 0.717) is 12.8 Å². The summed E-state index contributed by atoms with van der Waals surface area (Å²) in [5.41, 5.74) is 0.687. The van der Waals surface area contributed by atoms with Gasteiger partial charge in [0, 0.05) is 10.5 Å². The standard InChI is InChI=1S/C19H18BrNO4/c20-15-8-4-7-14(9-15)19(17(22)23)10-16(11-19)21-18(24)25-12-13-5-2-1-3-6-13/h1-9,16H,10-12H2,(H,21,24)(H,22,23). The fourth-order valence-corrected chi connectivity index (χ4v) is 3.53.